The van der Waals surface area contributed by atoms with E-state index in [0.29, 0.717) is 0 Å². The Labute approximate surface area is 98.7 Å². The van der Waals surface area contributed by atoms with Crippen LogP contribution in [0.3, 0.4) is 0 Å². The van der Waals surface area contributed by atoms with E-state index in [9.17, 15) is 0 Å². The highest BCUT2D eigenvalue weighted by molar-refractivity contribution is 5.50. The minimum Gasteiger partial charge on any atom is -0.380 e. The Morgan fingerprint density at radius 2 is 1.94 bits per heavy atom. The van der Waals surface area contributed by atoms with Crippen molar-refractivity contribution in [1.29, 1.82) is 0 Å². The van der Waals surface area contributed by atoms with Crippen molar-refractivity contribution in [3.8, 4) is 0 Å². The first-order valence-corrected chi connectivity index (χ1v) is 6.02. The quantitative estimate of drug-likeness (QED) is 0.779. The molecule has 0 fully saturated rings. The molecule has 2 rings (SSSR count). The number of hydrogen-bond acceptors (Lipinski definition) is 2. The molecule has 88 valence electrons. The molecule has 16 heavy (non-hydrogen) atoms. The molecule has 1 N–H and O–H groups in total. The SMILES string of the molecule is CN1CCc2cc(NC(C)(C)C)ccc2C1. The molecule has 2 nitrogen and oxygen atoms in total. The van der Waals surface area contributed by atoms with Crippen LogP contribution in [0.2, 0.25) is 0 Å². The van der Waals surface area contributed by atoms with E-state index in [2.05, 4.69) is 56.2 Å². The first-order valence-electron chi connectivity index (χ1n) is 6.02. The van der Waals surface area contributed by atoms with Gasteiger partial charge in [0.15, 0.2) is 0 Å². The van der Waals surface area contributed by atoms with Crippen LogP contribution in [0.4, 0.5) is 5.69 Å². The van der Waals surface area contributed by atoms with E-state index in [0.717, 1.165) is 6.54 Å². The van der Waals surface area contributed by atoms with Gasteiger partial charge in [0.1, 0.15) is 0 Å². The summed E-state index contributed by atoms with van der Waals surface area (Å²) in [5.74, 6) is 0. The fraction of sp³-hybridized carbons (Fsp3) is 0.571. The molecule has 0 saturated heterocycles. The highest BCUT2D eigenvalue weighted by Gasteiger charge is 2.15. The zero-order chi connectivity index (χ0) is 11.8. The molecule has 2 heteroatoms. The molecule has 1 aliphatic rings. The first kappa shape index (κ1) is 11.5. The lowest BCUT2D eigenvalue weighted by molar-refractivity contribution is 0.313. The van der Waals surface area contributed by atoms with Crippen LogP contribution in [-0.4, -0.2) is 24.0 Å². The Morgan fingerprint density at radius 1 is 1.19 bits per heavy atom. The summed E-state index contributed by atoms with van der Waals surface area (Å²) in [4.78, 5) is 2.37. The van der Waals surface area contributed by atoms with Crippen molar-refractivity contribution in [3.05, 3.63) is 29.3 Å². The topological polar surface area (TPSA) is 15.3 Å². The van der Waals surface area contributed by atoms with E-state index in [1.165, 1.54) is 29.8 Å². The fourth-order valence-corrected chi connectivity index (χ4v) is 2.20. The Morgan fingerprint density at radius 3 is 2.62 bits per heavy atom. The molecule has 0 aliphatic carbocycles. The van der Waals surface area contributed by atoms with Crippen LogP contribution in [-0.2, 0) is 13.0 Å². The van der Waals surface area contributed by atoms with E-state index in [1.54, 1.807) is 0 Å². The van der Waals surface area contributed by atoms with Gasteiger partial charge in [0.25, 0.3) is 0 Å². The third-order valence-electron chi connectivity index (χ3n) is 2.93. The van der Waals surface area contributed by atoms with Crippen molar-refractivity contribution in [2.24, 2.45) is 0 Å². The summed E-state index contributed by atoms with van der Waals surface area (Å²) in [7, 11) is 2.18. The van der Waals surface area contributed by atoms with Gasteiger partial charge in [0.05, 0.1) is 0 Å². The van der Waals surface area contributed by atoms with Gasteiger partial charge in [-0.2, -0.15) is 0 Å². The van der Waals surface area contributed by atoms with Crippen molar-refractivity contribution < 1.29 is 0 Å². The molecule has 1 aromatic rings. The second-order valence-electron chi connectivity index (χ2n) is 5.85. The zero-order valence-electron chi connectivity index (χ0n) is 10.8. The van der Waals surface area contributed by atoms with E-state index in [4.69, 9.17) is 0 Å². The first-order chi connectivity index (χ1) is 7.44. The molecule has 0 bridgehead atoms. The summed E-state index contributed by atoms with van der Waals surface area (Å²) in [6.45, 7) is 8.85. The van der Waals surface area contributed by atoms with Gasteiger partial charge in [-0.1, -0.05) is 6.07 Å². The van der Waals surface area contributed by atoms with E-state index < -0.39 is 0 Å². The predicted molar refractivity (Wildman–Crippen MR) is 69.9 cm³/mol. The largest absolute Gasteiger partial charge is 0.380 e. The minimum atomic E-state index is 0.139. The van der Waals surface area contributed by atoms with Gasteiger partial charge in [-0.25, -0.2) is 0 Å². The predicted octanol–water partition coefficient (Wildman–Crippen LogP) is 2.88. The minimum absolute atomic E-state index is 0.139. The normalized spacial score (nSPS) is 17.0. The molecule has 0 amide bonds. The van der Waals surface area contributed by atoms with Gasteiger partial charge in [-0.05, 0) is 57.5 Å². The molecular weight excluding hydrogens is 196 g/mol. The average molecular weight is 218 g/mol. The number of fused-ring (bicyclic) bond motifs is 1. The van der Waals surface area contributed by atoms with Crippen LogP contribution < -0.4 is 5.32 Å². The molecule has 0 atom stereocenters. The molecule has 1 aliphatic heterocycles. The summed E-state index contributed by atoms with van der Waals surface area (Å²) in [6, 6.07) is 6.77. The van der Waals surface area contributed by atoms with Gasteiger partial charge in [0, 0.05) is 24.3 Å². The van der Waals surface area contributed by atoms with Gasteiger partial charge >= 0.3 is 0 Å². The molecule has 1 aromatic carbocycles. The highest BCUT2D eigenvalue weighted by Crippen LogP contribution is 2.23. The van der Waals surface area contributed by atoms with Crippen molar-refractivity contribution in [2.45, 2.75) is 39.3 Å². The van der Waals surface area contributed by atoms with Crippen LogP contribution in [0, 0.1) is 0 Å². The number of nitrogens with zero attached hydrogens (tertiary/aromatic N) is 1. The molecule has 0 aromatic heterocycles. The highest BCUT2D eigenvalue weighted by atomic mass is 15.1. The number of anilines is 1. The lowest BCUT2D eigenvalue weighted by Crippen LogP contribution is -2.28. The number of benzene rings is 1. The Hall–Kier alpha value is -1.02. The standard InChI is InChI=1S/C14H22N2/c1-14(2,3)15-13-6-5-12-10-16(4)8-7-11(12)9-13/h5-6,9,15H,7-8,10H2,1-4H3. The Kier molecular flexibility index (Phi) is 2.94. The lowest BCUT2D eigenvalue weighted by atomic mass is 9.98. The lowest BCUT2D eigenvalue weighted by Gasteiger charge is -2.27. The Balaban J connectivity index is 2.20. The number of rotatable bonds is 1. The van der Waals surface area contributed by atoms with Crippen LogP contribution in [0.1, 0.15) is 31.9 Å². The van der Waals surface area contributed by atoms with E-state index in [-0.39, 0.29) is 5.54 Å². The summed E-state index contributed by atoms with van der Waals surface area (Å²) < 4.78 is 0. The van der Waals surface area contributed by atoms with Crippen molar-refractivity contribution in [1.82, 2.24) is 4.90 Å². The van der Waals surface area contributed by atoms with Gasteiger partial charge < -0.3 is 10.2 Å². The number of hydrogen-bond donors (Lipinski definition) is 1. The van der Waals surface area contributed by atoms with E-state index in [1.807, 2.05) is 0 Å². The monoisotopic (exact) mass is 218 g/mol. The van der Waals surface area contributed by atoms with Crippen LogP contribution in [0.25, 0.3) is 0 Å². The van der Waals surface area contributed by atoms with Gasteiger partial charge in [-0.3, -0.25) is 0 Å². The summed E-state index contributed by atoms with van der Waals surface area (Å²) >= 11 is 0. The third kappa shape index (κ3) is 2.76. The number of likely N-dealkylation sites (N-methyl/N-ethyl adjacent to an activating group) is 1. The molecule has 0 unspecified atom stereocenters. The van der Waals surface area contributed by atoms with E-state index >= 15 is 0 Å². The fourth-order valence-electron chi connectivity index (χ4n) is 2.20. The second-order valence-corrected chi connectivity index (χ2v) is 5.85. The maximum Gasteiger partial charge on any atom is 0.0347 e. The maximum atomic E-state index is 3.53. The number of nitrogens with one attached hydrogen (secondary N) is 1. The molecule has 0 radical (unpaired) electrons. The smallest absolute Gasteiger partial charge is 0.0347 e. The Bertz CT molecular complexity index is 377. The summed E-state index contributed by atoms with van der Waals surface area (Å²) in [5, 5.41) is 3.53. The summed E-state index contributed by atoms with van der Waals surface area (Å²) in [6.07, 6.45) is 1.17. The molecular formula is C14H22N2. The molecule has 0 saturated carbocycles. The maximum absolute atomic E-state index is 3.53. The van der Waals surface area contributed by atoms with Crippen LogP contribution in [0.15, 0.2) is 18.2 Å². The average Bonchev–Trinajstić information content (AvgIpc) is 2.16. The second kappa shape index (κ2) is 4.10. The van der Waals surface area contributed by atoms with Crippen molar-refractivity contribution in [2.75, 3.05) is 18.9 Å². The van der Waals surface area contributed by atoms with Crippen LogP contribution >= 0.6 is 0 Å². The molecule has 1 heterocycles. The van der Waals surface area contributed by atoms with Crippen LogP contribution in [0.5, 0.6) is 0 Å². The van der Waals surface area contributed by atoms with Gasteiger partial charge in [0.2, 0.25) is 0 Å². The van der Waals surface area contributed by atoms with Gasteiger partial charge in [-0.15, -0.1) is 0 Å². The van der Waals surface area contributed by atoms with Crippen molar-refractivity contribution >= 4 is 5.69 Å². The summed E-state index contributed by atoms with van der Waals surface area (Å²) in [5.41, 5.74) is 4.37. The zero-order valence-corrected chi connectivity index (χ0v) is 10.8. The third-order valence-corrected chi connectivity index (χ3v) is 2.93. The molecule has 0 spiro atoms. The van der Waals surface area contributed by atoms with Crippen molar-refractivity contribution in [3.63, 3.8) is 0 Å².